The first kappa shape index (κ1) is 12.3. The highest BCUT2D eigenvalue weighted by Crippen LogP contribution is 2.19. The van der Waals surface area contributed by atoms with Gasteiger partial charge in [0.25, 0.3) is 0 Å². The molecule has 1 saturated heterocycles. The highest BCUT2D eigenvalue weighted by atomic mass is 16.3. The first-order valence-corrected chi connectivity index (χ1v) is 6.33. The standard InChI is InChI=1S/C14H16N2O3/c17-12(6-16-7-13(18)14(19)8-16)10-5-15-11-4-2-1-3-9(10)11/h1-5,13-15,18-19H,6-8H2. The minimum absolute atomic E-state index is 0.00116. The number of hydrogen-bond donors (Lipinski definition) is 3. The van der Waals surface area contributed by atoms with E-state index in [1.807, 2.05) is 24.3 Å². The Morgan fingerprint density at radius 2 is 1.95 bits per heavy atom. The van der Waals surface area contributed by atoms with Crippen molar-refractivity contribution in [3.05, 3.63) is 36.0 Å². The number of Topliss-reactive ketones (excluding diaryl/α,β-unsaturated/α-hetero) is 1. The van der Waals surface area contributed by atoms with Gasteiger partial charge >= 0.3 is 0 Å². The molecule has 1 aromatic carbocycles. The Kier molecular flexibility index (Phi) is 3.10. The van der Waals surface area contributed by atoms with Crippen LogP contribution in [0.25, 0.3) is 10.9 Å². The maximum absolute atomic E-state index is 12.3. The number of likely N-dealkylation sites (tertiary alicyclic amines) is 1. The number of aromatic nitrogens is 1. The second-order valence-electron chi connectivity index (χ2n) is 5.00. The molecule has 1 aromatic heterocycles. The maximum atomic E-state index is 12.3. The van der Waals surface area contributed by atoms with E-state index >= 15 is 0 Å². The molecule has 1 aliphatic rings. The molecule has 2 unspecified atom stereocenters. The van der Waals surface area contributed by atoms with Gasteiger partial charge in [-0.05, 0) is 6.07 Å². The van der Waals surface area contributed by atoms with Gasteiger partial charge in [0.15, 0.2) is 5.78 Å². The zero-order chi connectivity index (χ0) is 13.4. The van der Waals surface area contributed by atoms with Crippen molar-refractivity contribution in [1.82, 2.24) is 9.88 Å². The van der Waals surface area contributed by atoms with Crippen LogP contribution in [0.1, 0.15) is 10.4 Å². The predicted octanol–water partition coefficient (Wildman–Crippen LogP) is 0.388. The lowest BCUT2D eigenvalue weighted by Gasteiger charge is -2.12. The Morgan fingerprint density at radius 3 is 2.68 bits per heavy atom. The maximum Gasteiger partial charge on any atom is 0.178 e. The number of benzene rings is 1. The molecule has 2 atom stereocenters. The highest BCUT2D eigenvalue weighted by molar-refractivity contribution is 6.08. The Hall–Kier alpha value is -1.69. The van der Waals surface area contributed by atoms with Gasteiger partial charge in [0.1, 0.15) is 0 Å². The van der Waals surface area contributed by atoms with Crippen molar-refractivity contribution in [1.29, 1.82) is 0 Å². The fourth-order valence-corrected chi connectivity index (χ4v) is 2.57. The number of H-pyrrole nitrogens is 1. The lowest BCUT2D eigenvalue weighted by molar-refractivity contribution is 0.0572. The van der Waals surface area contributed by atoms with Crippen LogP contribution in [0, 0.1) is 0 Å². The molecule has 0 radical (unpaired) electrons. The van der Waals surface area contributed by atoms with E-state index in [9.17, 15) is 15.0 Å². The fourth-order valence-electron chi connectivity index (χ4n) is 2.57. The minimum atomic E-state index is -0.754. The summed E-state index contributed by atoms with van der Waals surface area (Å²) in [5, 5.41) is 19.9. The number of carbonyl (C=O) groups is 1. The van der Waals surface area contributed by atoms with E-state index in [0.29, 0.717) is 18.7 Å². The summed E-state index contributed by atoms with van der Waals surface area (Å²) in [7, 11) is 0. The van der Waals surface area contributed by atoms with Crippen LogP contribution < -0.4 is 0 Å². The monoisotopic (exact) mass is 260 g/mol. The number of β-amino-alcohol motifs (C(OH)–C–C–N with tert-alkyl or cyclic N) is 2. The number of nitrogens with zero attached hydrogens (tertiary/aromatic N) is 1. The molecule has 0 bridgehead atoms. The van der Waals surface area contributed by atoms with Crippen LogP contribution in [-0.4, -0.2) is 57.7 Å². The molecule has 5 heteroatoms. The molecule has 0 spiro atoms. The summed E-state index contributed by atoms with van der Waals surface area (Å²) >= 11 is 0. The lowest BCUT2D eigenvalue weighted by atomic mass is 10.1. The summed E-state index contributed by atoms with van der Waals surface area (Å²) in [4.78, 5) is 17.1. The topological polar surface area (TPSA) is 76.6 Å². The molecule has 0 aliphatic carbocycles. The van der Waals surface area contributed by atoms with Crippen LogP contribution >= 0.6 is 0 Å². The van der Waals surface area contributed by atoms with Crippen molar-refractivity contribution in [2.75, 3.05) is 19.6 Å². The first-order chi connectivity index (χ1) is 9.15. The summed E-state index contributed by atoms with van der Waals surface area (Å²) < 4.78 is 0. The van der Waals surface area contributed by atoms with Gasteiger partial charge in [-0.25, -0.2) is 0 Å². The Morgan fingerprint density at radius 1 is 1.26 bits per heavy atom. The predicted molar refractivity (Wildman–Crippen MR) is 71.1 cm³/mol. The smallest absolute Gasteiger partial charge is 0.178 e. The van der Waals surface area contributed by atoms with E-state index < -0.39 is 12.2 Å². The summed E-state index contributed by atoms with van der Waals surface area (Å²) in [6.45, 7) is 0.903. The van der Waals surface area contributed by atoms with E-state index in [4.69, 9.17) is 0 Å². The summed E-state index contributed by atoms with van der Waals surface area (Å²) in [6.07, 6.45) is 0.210. The van der Waals surface area contributed by atoms with Crippen molar-refractivity contribution in [3.8, 4) is 0 Å². The van der Waals surface area contributed by atoms with Crippen molar-refractivity contribution in [3.63, 3.8) is 0 Å². The molecule has 3 rings (SSSR count). The molecular weight excluding hydrogens is 244 g/mol. The molecule has 1 aliphatic heterocycles. The molecule has 19 heavy (non-hydrogen) atoms. The van der Waals surface area contributed by atoms with Gasteiger partial charge in [0.2, 0.25) is 0 Å². The summed E-state index contributed by atoms with van der Waals surface area (Å²) in [5.41, 5.74) is 1.60. The molecular formula is C14H16N2O3. The highest BCUT2D eigenvalue weighted by Gasteiger charge is 2.30. The summed E-state index contributed by atoms with van der Waals surface area (Å²) in [6, 6.07) is 7.65. The first-order valence-electron chi connectivity index (χ1n) is 6.33. The van der Waals surface area contributed by atoms with Crippen LogP contribution in [0.2, 0.25) is 0 Å². The zero-order valence-electron chi connectivity index (χ0n) is 10.4. The van der Waals surface area contributed by atoms with Crippen molar-refractivity contribution in [2.45, 2.75) is 12.2 Å². The molecule has 100 valence electrons. The largest absolute Gasteiger partial charge is 0.389 e. The molecule has 0 amide bonds. The van der Waals surface area contributed by atoms with Crippen molar-refractivity contribution in [2.24, 2.45) is 0 Å². The van der Waals surface area contributed by atoms with Gasteiger partial charge in [0, 0.05) is 35.8 Å². The van der Waals surface area contributed by atoms with Crippen LogP contribution in [0.5, 0.6) is 0 Å². The third-order valence-corrected chi connectivity index (χ3v) is 3.59. The minimum Gasteiger partial charge on any atom is -0.389 e. The van der Waals surface area contributed by atoms with Gasteiger partial charge in [-0.15, -0.1) is 0 Å². The van der Waals surface area contributed by atoms with E-state index in [2.05, 4.69) is 4.98 Å². The molecule has 0 saturated carbocycles. The van der Waals surface area contributed by atoms with Gasteiger partial charge in [-0.2, -0.15) is 0 Å². The van der Waals surface area contributed by atoms with Gasteiger partial charge in [-0.3, -0.25) is 9.69 Å². The zero-order valence-corrected chi connectivity index (χ0v) is 10.4. The number of nitrogens with one attached hydrogen (secondary N) is 1. The van der Waals surface area contributed by atoms with E-state index in [0.717, 1.165) is 10.9 Å². The van der Waals surface area contributed by atoms with Gasteiger partial charge in [0.05, 0.1) is 18.8 Å². The lowest BCUT2D eigenvalue weighted by Crippen LogP contribution is -2.28. The number of carbonyl (C=O) groups excluding carboxylic acids is 1. The number of hydrogen-bond acceptors (Lipinski definition) is 4. The Labute approximate surface area is 110 Å². The van der Waals surface area contributed by atoms with E-state index in [1.165, 1.54) is 0 Å². The van der Waals surface area contributed by atoms with Crippen LogP contribution in [0.15, 0.2) is 30.5 Å². The molecule has 2 aromatic rings. The van der Waals surface area contributed by atoms with Gasteiger partial charge < -0.3 is 15.2 Å². The third-order valence-electron chi connectivity index (χ3n) is 3.59. The number of aliphatic hydroxyl groups is 2. The second-order valence-corrected chi connectivity index (χ2v) is 5.00. The number of ketones is 1. The number of para-hydroxylation sites is 1. The van der Waals surface area contributed by atoms with Gasteiger partial charge in [-0.1, -0.05) is 18.2 Å². The normalized spacial score (nSPS) is 24.1. The van der Waals surface area contributed by atoms with Crippen LogP contribution in [0.4, 0.5) is 0 Å². The van der Waals surface area contributed by atoms with Crippen LogP contribution in [-0.2, 0) is 0 Å². The number of aromatic amines is 1. The van der Waals surface area contributed by atoms with Crippen molar-refractivity contribution >= 4 is 16.7 Å². The average molecular weight is 260 g/mol. The van der Waals surface area contributed by atoms with Crippen molar-refractivity contribution < 1.29 is 15.0 Å². The van der Waals surface area contributed by atoms with E-state index in [1.54, 1.807) is 11.1 Å². The molecule has 3 N–H and O–H groups in total. The van der Waals surface area contributed by atoms with E-state index in [-0.39, 0.29) is 12.3 Å². The summed E-state index contributed by atoms with van der Waals surface area (Å²) in [5.74, 6) is -0.00116. The Balaban J connectivity index is 1.78. The number of aliphatic hydroxyl groups excluding tert-OH is 2. The Bertz CT molecular complexity index is 598. The third kappa shape index (κ3) is 2.28. The molecule has 1 fully saturated rings. The number of rotatable bonds is 3. The molecule has 5 nitrogen and oxygen atoms in total. The average Bonchev–Trinajstić information content (AvgIpc) is 2.94. The quantitative estimate of drug-likeness (QED) is 0.698. The van der Waals surface area contributed by atoms with Crippen LogP contribution in [0.3, 0.4) is 0 Å². The second kappa shape index (κ2) is 4.77. The SMILES string of the molecule is O=C(CN1CC(O)C(O)C1)c1c[nH]c2ccccc12. The number of fused-ring (bicyclic) bond motifs is 1. The fraction of sp³-hybridized carbons (Fsp3) is 0.357. The molecule has 2 heterocycles.